The second-order valence-corrected chi connectivity index (χ2v) is 4.50. The van der Waals surface area contributed by atoms with Gasteiger partial charge in [0, 0.05) is 12.7 Å². The number of amides is 1. The lowest BCUT2D eigenvalue weighted by molar-refractivity contribution is 0.0419. The Bertz CT molecular complexity index is 374. The molecule has 0 spiro atoms. The molecule has 0 aromatic carbocycles. The molecule has 0 bridgehead atoms. The van der Waals surface area contributed by atoms with Gasteiger partial charge in [0.15, 0.2) is 0 Å². The average Bonchev–Trinajstić information content (AvgIpc) is 2.23. The first-order chi connectivity index (χ1) is 7.65. The molecule has 1 aromatic rings. The summed E-state index contributed by atoms with van der Waals surface area (Å²) in [4.78, 5) is 15.5. The van der Waals surface area contributed by atoms with Gasteiger partial charge in [-0.05, 0) is 30.9 Å². The van der Waals surface area contributed by atoms with E-state index in [1.54, 1.807) is 12.1 Å². The van der Waals surface area contributed by atoms with Crippen LogP contribution in [0.4, 0.5) is 0 Å². The van der Waals surface area contributed by atoms with Crippen LogP contribution in [0.2, 0.25) is 5.02 Å². The van der Waals surface area contributed by atoms with Gasteiger partial charge in [-0.3, -0.25) is 4.79 Å². The topological polar surface area (TPSA) is 62.2 Å². The van der Waals surface area contributed by atoms with Crippen LogP contribution in [0.1, 0.15) is 23.3 Å². The van der Waals surface area contributed by atoms with Crippen molar-refractivity contribution in [1.82, 2.24) is 10.3 Å². The molecule has 4 nitrogen and oxygen atoms in total. The quantitative estimate of drug-likeness (QED) is 0.836. The number of rotatable bonds is 3. The molecule has 0 atom stereocenters. The summed E-state index contributed by atoms with van der Waals surface area (Å²) < 4.78 is 0. The van der Waals surface area contributed by atoms with Gasteiger partial charge in [-0.15, -0.1) is 0 Å². The van der Waals surface area contributed by atoms with Crippen LogP contribution in [0.5, 0.6) is 0 Å². The summed E-state index contributed by atoms with van der Waals surface area (Å²) >= 11 is 5.67. The van der Waals surface area contributed by atoms with Crippen LogP contribution in [-0.2, 0) is 0 Å². The molecule has 2 N–H and O–H groups in total. The molecule has 1 saturated carbocycles. The molecule has 16 heavy (non-hydrogen) atoms. The smallest absolute Gasteiger partial charge is 0.269 e. The Morgan fingerprint density at radius 1 is 1.56 bits per heavy atom. The van der Waals surface area contributed by atoms with Gasteiger partial charge in [0.2, 0.25) is 0 Å². The maximum atomic E-state index is 11.6. The van der Waals surface area contributed by atoms with Gasteiger partial charge < -0.3 is 10.4 Å². The molecule has 1 fully saturated rings. The molecule has 1 aliphatic rings. The van der Waals surface area contributed by atoms with Crippen molar-refractivity contribution in [3.05, 3.63) is 29.0 Å². The van der Waals surface area contributed by atoms with Crippen LogP contribution in [0.15, 0.2) is 18.3 Å². The van der Waals surface area contributed by atoms with Gasteiger partial charge in [0.1, 0.15) is 5.69 Å². The summed E-state index contributed by atoms with van der Waals surface area (Å²) in [6.07, 6.45) is 2.81. The fourth-order valence-corrected chi connectivity index (χ4v) is 1.82. The summed E-state index contributed by atoms with van der Waals surface area (Å²) in [5, 5.41) is 12.4. The van der Waals surface area contributed by atoms with Gasteiger partial charge in [0.05, 0.1) is 11.1 Å². The lowest BCUT2D eigenvalue weighted by Gasteiger charge is -2.31. The van der Waals surface area contributed by atoms with Crippen molar-refractivity contribution in [1.29, 1.82) is 0 Å². The van der Waals surface area contributed by atoms with E-state index in [1.165, 1.54) is 6.20 Å². The fourth-order valence-electron chi connectivity index (χ4n) is 1.70. The zero-order valence-corrected chi connectivity index (χ0v) is 9.44. The average molecular weight is 241 g/mol. The minimum absolute atomic E-state index is 0.185. The van der Waals surface area contributed by atoms with Crippen molar-refractivity contribution in [2.45, 2.75) is 18.9 Å². The monoisotopic (exact) mass is 240 g/mol. The molecule has 1 heterocycles. The molecule has 1 amide bonds. The zero-order valence-electron chi connectivity index (χ0n) is 8.69. The molecule has 5 heteroatoms. The lowest BCUT2D eigenvalue weighted by atomic mass is 9.82. The molecule has 0 saturated heterocycles. The van der Waals surface area contributed by atoms with Crippen molar-refractivity contribution < 1.29 is 9.90 Å². The van der Waals surface area contributed by atoms with Gasteiger partial charge in [-0.1, -0.05) is 11.6 Å². The number of carbonyl (C=O) groups excluding carboxylic acids is 1. The molecule has 0 radical (unpaired) electrons. The number of nitrogens with one attached hydrogen (secondary N) is 1. The summed E-state index contributed by atoms with van der Waals surface area (Å²) in [7, 11) is 0. The number of hydrogen-bond acceptors (Lipinski definition) is 3. The molecule has 86 valence electrons. The standard InChI is InChI=1S/C11H13ClN2O2/c12-8-1-2-10(13-6-8)11(16)14-5-7-3-9(15)4-7/h1-2,6-7,9,15H,3-5H2,(H,14,16). The predicted molar refractivity (Wildman–Crippen MR) is 60.3 cm³/mol. The normalized spacial score (nSPS) is 23.6. The molecule has 0 unspecified atom stereocenters. The van der Waals surface area contributed by atoms with Gasteiger partial charge in [-0.25, -0.2) is 4.98 Å². The van der Waals surface area contributed by atoms with E-state index in [4.69, 9.17) is 16.7 Å². The second kappa shape index (κ2) is 4.80. The fraction of sp³-hybridized carbons (Fsp3) is 0.455. The van der Waals surface area contributed by atoms with Crippen molar-refractivity contribution in [2.24, 2.45) is 5.92 Å². The van der Waals surface area contributed by atoms with E-state index in [0.29, 0.717) is 23.2 Å². The van der Waals surface area contributed by atoms with E-state index in [-0.39, 0.29) is 12.0 Å². The predicted octanol–water partition coefficient (Wildman–Crippen LogP) is 1.24. The molecule has 0 aliphatic heterocycles. The van der Waals surface area contributed by atoms with Gasteiger partial charge >= 0.3 is 0 Å². The summed E-state index contributed by atoms with van der Waals surface area (Å²) in [5.74, 6) is 0.198. The molecule has 2 rings (SSSR count). The summed E-state index contributed by atoms with van der Waals surface area (Å²) in [6.45, 7) is 0.597. The van der Waals surface area contributed by atoms with E-state index in [2.05, 4.69) is 10.3 Å². The van der Waals surface area contributed by atoms with Crippen LogP contribution in [0.3, 0.4) is 0 Å². The van der Waals surface area contributed by atoms with Gasteiger partial charge in [0.25, 0.3) is 5.91 Å². The first-order valence-electron chi connectivity index (χ1n) is 5.23. The number of aliphatic hydroxyl groups is 1. The highest BCUT2D eigenvalue weighted by molar-refractivity contribution is 6.30. The largest absolute Gasteiger partial charge is 0.393 e. The Balaban J connectivity index is 1.81. The summed E-state index contributed by atoms with van der Waals surface area (Å²) in [6, 6.07) is 3.23. The number of aliphatic hydroxyl groups excluding tert-OH is 1. The van der Waals surface area contributed by atoms with Crippen LogP contribution < -0.4 is 5.32 Å². The third-order valence-electron chi connectivity index (χ3n) is 2.72. The van der Waals surface area contributed by atoms with Crippen molar-refractivity contribution in [3.63, 3.8) is 0 Å². The highest BCUT2D eigenvalue weighted by Crippen LogP contribution is 2.26. The van der Waals surface area contributed by atoms with Crippen LogP contribution >= 0.6 is 11.6 Å². The lowest BCUT2D eigenvalue weighted by Crippen LogP contribution is -2.38. The van der Waals surface area contributed by atoms with Crippen LogP contribution in [0, 0.1) is 5.92 Å². The van der Waals surface area contributed by atoms with E-state index in [0.717, 1.165) is 12.8 Å². The number of hydrogen-bond donors (Lipinski definition) is 2. The molecular weight excluding hydrogens is 228 g/mol. The minimum atomic E-state index is -0.196. The number of pyridine rings is 1. The Labute approximate surface area is 98.6 Å². The molecule has 1 aliphatic carbocycles. The molecule has 1 aromatic heterocycles. The van der Waals surface area contributed by atoms with E-state index in [1.807, 2.05) is 0 Å². The Morgan fingerprint density at radius 3 is 2.88 bits per heavy atom. The van der Waals surface area contributed by atoms with Crippen molar-refractivity contribution in [2.75, 3.05) is 6.54 Å². The molecular formula is C11H13ClN2O2. The maximum Gasteiger partial charge on any atom is 0.269 e. The Hall–Kier alpha value is -1.13. The Kier molecular flexibility index (Phi) is 3.41. The second-order valence-electron chi connectivity index (χ2n) is 4.06. The third kappa shape index (κ3) is 2.71. The van der Waals surface area contributed by atoms with E-state index in [9.17, 15) is 4.79 Å². The van der Waals surface area contributed by atoms with E-state index >= 15 is 0 Å². The highest BCUT2D eigenvalue weighted by atomic mass is 35.5. The first kappa shape index (κ1) is 11.4. The SMILES string of the molecule is O=C(NCC1CC(O)C1)c1ccc(Cl)cn1. The number of carbonyl (C=O) groups is 1. The van der Waals surface area contributed by atoms with Gasteiger partial charge in [-0.2, -0.15) is 0 Å². The first-order valence-corrected chi connectivity index (χ1v) is 5.61. The van der Waals surface area contributed by atoms with Crippen molar-refractivity contribution >= 4 is 17.5 Å². The van der Waals surface area contributed by atoms with E-state index < -0.39 is 0 Å². The third-order valence-corrected chi connectivity index (χ3v) is 2.95. The number of halogens is 1. The number of aromatic nitrogens is 1. The highest BCUT2D eigenvalue weighted by Gasteiger charge is 2.27. The van der Waals surface area contributed by atoms with Crippen LogP contribution in [0.25, 0.3) is 0 Å². The Morgan fingerprint density at radius 2 is 2.31 bits per heavy atom. The zero-order chi connectivity index (χ0) is 11.5. The minimum Gasteiger partial charge on any atom is -0.393 e. The summed E-state index contributed by atoms with van der Waals surface area (Å²) in [5.41, 5.74) is 0.365. The van der Waals surface area contributed by atoms with Crippen molar-refractivity contribution in [3.8, 4) is 0 Å². The van der Waals surface area contributed by atoms with Crippen LogP contribution in [-0.4, -0.2) is 28.6 Å². The number of nitrogens with zero attached hydrogens (tertiary/aromatic N) is 1. The maximum absolute atomic E-state index is 11.6.